The summed E-state index contributed by atoms with van der Waals surface area (Å²) in [7, 11) is -4.12. The van der Waals surface area contributed by atoms with Crippen molar-refractivity contribution in [3.8, 4) is 12.3 Å². The largest absolute Gasteiger partial charge is 0.364 e. The van der Waals surface area contributed by atoms with Gasteiger partial charge in [0.1, 0.15) is 6.61 Å². The molecular formula is C10H10O4S. The Bertz CT molecular complexity index is 453. The molecule has 0 atom stereocenters. The first-order valence-electron chi connectivity index (χ1n) is 4.11. The van der Waals surface area contributed by atoms with Gasteiger partial charge in [0.2, 0.25) is 0 Å². The molecule has 1 rings (SSSR count). The summed E-state index contributed by atoms with van der Waals surface area (Å²) in [5.74, 6) is 2.32. The molecule has 0 bridgehead atoms. The molecule has 0 saturated heterocycles. The van der Waals surface area contributed by atoms with Gasteiger partial charge in [-0.3, -0.25) is 4.55 Å². The second-order valence-electron chi connectivity index (χ2n) is 2.82. The van der Waals surface area contributed by atoms with Crippen LogP contribution in [-0.4, -0.2) is 19.6 Å². The van der Waals surface area contributed by atoms with Crippen LogP contribution in [0.15, 0.2) is 29.2 Å². The molecule has 0 radical (unpaired) electrons. The van der Waals surface area contributed by atoms with E-state index >= 15 is 0 Å². The van der Waals surface area contributed by atoms with Crippen molar-refractivity contribution in [2.75, 3.05) is 6.61 Å². The van der Waals surface area contributed by atoms with Crippen molar-refractivity contribution in [1.82, 2.24) is 0 Å². The van der Waals surface area contributed by atoms with Crippen molar-refractivity contribution >= 4 is 10.1 Å². The number of benzene rings is 1. The van der Waals surface area contributed by atoms with Crippen LogP contribution in [0.5, 0.6) is 0 Å². The fourth-order valence-electron chi connectivity index (χ4n) is 0.985. The Morgan fingerprint density at radius 2 is 1.93 bits per heavy atom. The molecule has 0 fully saturated rings. The molecule has 0 amide bonds. The van der Waals surface area contributed by atoms with E-state index in [9.17, 15) is 8.42 Å². The summed E-state index contributed by atoms with van der Waals surface area (Å²) in [6.07, 6.45) is 4.99. The van der Waals surface area contributed by atoms with Crippen molar-refractivity contribution in [3.05, 3.63) is 29.8 Å². The Balaban J connectivity index is 2.70. The predicted molar refractivity (Wildman–Crippen MR) is 54.7 cm³/mol. The number of ether oxygens (including phenoxy) is 1. The summed E-state index contributed by atoms with van der Waals surface area (Å²) < 4.78 is 35.2. The molecule has 0 spiro atoms. The molecule has 1 N–H and O–H groups in total. The third-order valence-electron chi connectivity index (χ3n) is 1.68. The molecule has 15 heavy (non-hydrogen) atoms. The van der Waals surface area contributed by atoms with Crippen LogP contribution in [-0.2, 0) is 21.5 Å². The zero-order valence-corrected chi connectivity index (χ0v) is 8.70. The zero-order valence-electron chi connectivity index (χ0n) is 7.88. The highest BCUT2D eigenvalue weighted by molar-refractivity contribution is 7.85. The summed E-state index contributed by atoms with van der Waals surface area (Å²) in [6, 6.07) is 5.73. The van der Waals surface area contributed by atoms with E-state index in [1.807, 2.05) is 0 Å². The summed E-state index contributed by atoms with van der Waals surface area (Å²) >= 11 is 0. The van der Waals surface area contributed by atoms with E-state index < -0.39 is 10.1 Å². The van der Waals surface area contributed by atoms with E-state index in [1.54, 1.807) is 12.1 Å². The van der Waals surface area contributed by atoms with E-state index in [0.717, 1.165) is 5.56 Å². The first kappa shape index (κ1) is 11.7. The summed E-state index contributed by atoms with van der Waals surface area (Å²) in [5, 5.41) is 0. The smallest absolute Gasteiger partial charge is 0.294 e. The highest BCUT2D eigenvalue weighted by Crippen LogP contribution is 2.10. The highest BCUT2D eigenvalue weighted by atomic mass is 32.2. The molecule has 5 heteroatoms. The van der Waals surface area contributed by atoms with Gasteiger partial charge in [0.05, 0.1) is 11.5 Å². The lowest BCUT2D eigenvalue weighted by Gasteiger charge is -2.01. The Hall–Kier alpha value is -1.35. The number of rotatable bonds is 4. The molecule has 80 valence electrons. The van der Waals surface area contributed by atoms with Crippen LogP contribution in [0.3, 0.4) is 0 Å². The monoisotopic (exact) mass is 226 g/mol. The van der Waals surface area contributed by atoms with Gasteiger partial charge >= 0.3 is 0 Å². The van der Waals surface area contributed by atoms with E-state index in [0.29, 0.717) is 6.61 Å². The lowest BCUT2D eigenvalue weighted by Crippen LogP contribution is -1.98. The highest BCUT2D eigenvalue weighted by Gasteiger charge is 2.07. The molecule has 0 heterocycles. The molecule has 1 aromatic carbocycles. The van der Waals surface area contributed by atoms with Crippen LogP contribution in [0.1, 0.15) is 5.56 Å². The molecule has 0 aliphatic heterocycles. The second-order valence-corrected chi connectivity index (χ2v) is 4.24. The maximum absolute atomic E-state index is 10.7. The standard InChI is InChI=1S/C10H10O4S/c1-2-7-14-8-9-3-5-10(6-4-9)15(11,12)13/h1,3-6H,7-8H2,(H,11,12,13). The summed E-state index contributed by atoms with van der Waals surface area (Å²) in [5.41, 5.74) is 0.789. The third kappa shape index (κ3) is 3.72. The molecular weight excluding hydrogens is 216 g/mol. The minimum Gasteiger partial charge on any atom is -0.364 e. The van der Waals surface area contributed by atoms with Crippen molar-refractivity contribution in [2.24, 2.45) is 0 Å². The van der Waals surface area contributed by atoms with Crippen LogP contribution in [0.25, 0.3) is 0 Å². The Morgan fingerprint density at radius 1 is 1.33 bits per heavy atom. The molecule has 0 saturated carbocycles. The average Bonchev–Trinajstić information content (AvgIpc) is 2.18. The molecule has 1 aromatic rings. The number of hydrogen-bond donors (Lipinski definition) is 1. The second kappa shape index (κ2) is 4.94. The van der Waals surface area contributed by atoms with Crippen molar-refractivity contribution in [2.45, 2.75) is 11.5 Å². The van der Waals surface area contributed by atoms with Gasteiger partial charge < -0.3 is 4.74 Å². The minimum atomic E-state index is -4.12. The first-order chi connectivity index (χ1) is 7.04. The fraction of sp³-hybridized carbons (Fsp3) is 0.200. The SMILES string of the molecule is C#CCOCc1ccc(S(=O)(=O)O)cc1. The van der Waals surface area contributed by atoms with Crippen molar-refractivity contribution in [3.63, 3.8) is 0 Å². The lowest BCUT2D eigenvalue weighted by atomic mass is 10.2. The Morgan fingerprint density at radius 3 is 2.40 bits per heavy atom. The van der Waals surface area contributed by atoms with Gasteiger partial charge in [-0.2, -0.15) is 8.42 Å². The first-order valence-corrected chi connectivity index (χ1v) is 5.55. The van der Waals surface area contributed by atoms with E-state index in [-0.39, 0.29) is 11.5 Å². The van der Waals surface area contributed by atoms with Gasteiger partial charge in [-0.25, -0.2) is 0 Å². The van der Waals surface area contributed by atoms with E-state index in [2.05, 4.69) is 5.92 Å². The van der Waals surface area contributed by atoms with Crippen LogP contribution in [0, 0.1) is 12.3 Å². The van der Waals surface area contributed by atoms with E-state index in [1.165, 1.54) is 12.1 Å². The maximum atomic E-state index is 10.7. The quantitative estimate of drug-likeness (QED) is 0.474. The van der Waals surface area contributed by atoms with Crippen LogP contribution in [0.2, 0.25) is 0 Å². The average molecular weight is 226 g/mol. The maximum Gasteiger partial charge on any atom is 0.294 e. The van der Waals surface area contributed by atoms with Gasteiger partial charge in [0.15, 0.2) is 0 Å². The topological polar surface area (TPSA) is 63.6 Å². The Labute approximate surface area is 88.6 Å². The minimum absolute atomic E-state index is 0.136. The van der Waals surface area contributed by atoms with E-state index in [4.69, 9.17) is 15.7 Å². The Kier molecular flexibility index (Phi) is 3.86. The zero-order chi connectivity index (χ0) is 11.3. The van der Waals surface area contributed by atoms with Crippen LogP contribution >= 0.6 is 0 Å². The van der Waals surface area contributed by atoms with Gasteiger partial charge in [0.25, 0.3) is 10.1 Å². The normalized spacial score (nSPS) is 10.9. The number of hydrogen-bond acceptors (Lipinski definition) is 3. The molecule has 0 aromatic heterocycles. The van der Waals surface area contributed by atoms with Gasteiger partial charge in [-0.15, -0.1) is 6.42 Å². The van der Waals surface area contributed by atoms with Gasteiger partial charge in [-0.05, 0) is 17.7 Å². The molecule has 0 aliphatic rings. The predicted octanol–water partition coefficient (Wildman–Crippen LogP) is 1.08. The summed E-state index contributed by atoms with van der Waals surface area (Å²) in [6.45, 7) is 0.524. The van der Waals surface area contributed by atoms with Crippen LogP contribution < -0.4 is 0 Å². The number of terminal acetylenes is 1. The van der Waals surface area contributed by atoms with Gasteiger partial charge in [-0.1, -0.05) is 18.1 Å². The van der Waals surface area contributed by atoms with Gasteiger partial charge in [0, 0.05) is 0 Å². The summed E-state index contributed by atoms with van der Waals surface area (Å²) in [4.78, 5) is -0.136. The van der Waals surface area contributed by atoms with Crippen molar-refractivity contribution < 1.29 is 17.7 Å². The molecule has 0 aliphatic carbocycles. The van der Waals surface area contributed by atoms with Crippen LogP contribution in [0.4, 0.5) is 0 Å². The van der Waals surface area contributed by atoms with Crippen molar-refractivity contribution in [1.29, 1.82) is 0 Å². The fourth-order valence-corrected chi connectivity index (χ4v) is 1.47. The molecule has 0 unspecified atom stereocenters. The third-order valence-corrected chi connectivity index (χ3v) is 2.54. The lowest BCUT2D eigenvalue weighted by molar-refractivity contribution is 0.153. The molecule has 4 nitrogen and oxygen atoms in total.